The molecule has 0 aromatic carbocycles. The summed E-state index contributed by atoms with van der Waals surface area (Å²) in [7, 11) is 0. The number of likely N-dealkylation sites (tertiary alicyclic amines) is 1. The number of H-pyrrole nitrogens is 1. The molecule has 130 valence electrons. The fourth-order valence-electron chi connectivity index (χ4n) is 3.28. The molecule has 2 fully saturated rings. The summed E-state index contributed by atoms with van der Waals surface area (Å²) in [5.41, 5.74) is 1.21. The van der Waals surface area contributed by atoms with Crippen molar-refractivity contribution in [3.63, 3.8) is 0 Å². The van der Waals surface area contributed by atoms with Crippen LogP contribution in [-0.4, -0.2) is 63.5 Å². The van der Waals surface area contributed by atoms with Gasteiger partial charge >= 0.3 is 6.03 Å². The van der Waals surface area contributed by atoms with Crippen LogP contribution in [0.25, 0.3) is 10.6 Å². The lowest BCUT2D eigenvalue weighted by atomic mass is 10.0. The van der Waals surface area contributed by atoms with Crippen molar-refractivity contribution >= 4 is 29.2 Å². The Morgan fingerprint density at radius 3 is 2.72 bits per heavy atom. The van der Waals surface area contributed by atoms with Gasteiger partial charge in [-0.25, -0.2) is 4.79 Å². The standard InChI is InChI=1S/C16H17N5O3S/c22-14-9-17-16(24)21(14)10-3-5-20(6-4-10)15(23)12-8-11(18-19-12)13-2-1-7-25-13/h1-2,7-8,10H,3-6,9H2,(H,17,24)(H,18,19). The first-order chi connectivity index (χ1) is 12.1. The van der Waals surface area contributed by atoms with Crippen molar-refractivity contribution < 1.29 is 14.4 Å². The van der Waals surface area contributed by atoms with Crippen molar-refractivity contribution in [2.45, 2.75) is 18.9 Å². The van der Waals surface area contributed by atoms with Crippen LogP contribution in [0.5, 0.6) is 0 Å². The number of aromatic nitrogens is 2. The molecule has 0 radical (unpaired) electrons. The van der Waals surface area contributed by atoms with Crippen LogP contribution in [-0.2, 0) is 4.79 Å². The van der Waals surface area contributed by atoms with Crippen LogP contribution in [0.15, 0.2) is 23.6 Å². The smallest absolute Gasteiger partial charge is 0.324 e. The molecule has 9 heteroatoms. The molecule has 2 aliphatic heterocycles. The van der Waals surface area contributed by atoms with Crippen LogP contribution in [0.2, 0.25) is 0 Å². The molecule has 0 atom stereocenters. The number of piperidine rings is 1. The Morgan fingerprint density at radius 2 is 2.08 bits per heavy atom. The third-order valence-electron chi connectivity index (χ3n) is 4.58. The van der Waals surface area contributed by atoms with Gasteiger partial charge in [0.25, 0.3) is 5.91 Å². The topological polar surface area (TPSA) is 98.4 Å². The van der Waals surface area contributed by atoms with E-state index in [2.05, 4.69) is 15.5 Å². The highest BCUT2D eigenvalue weighted by molar-refractivity contribution is 7.13. The normalized spacial score (nSPS) is 18.7. The van der Waals surface area contributed by atoms with Gasteiger partial charge in [0.15, 0.2) is 5.69 Å². The third kappa shape index (κ3) is 2.91. The van der Waals surface area contributed by atoms with Crippen molar-refractivity contribution in [1.82, 2.24) is 25.3 Å². The molecule has 4 amide bonds. The Bertz CT molecular complexity index is 792. The Labute approximate surface area is 147 Å². The van der Waals surface area contributed by atoms with E-state index in [1.54, 1.807) is 22.3 Å². The molecular weight excluding hydrogens is 342 g/mol. The van der Waals surface area contributed by atoms with Gasteiger partial charge in [0.2, 0.25) is 5.91 Å². The number of imide groups is 1. The zero-order valence-electron chi connectivity index (χ0n) is 13.4. The highest BCUT2D eigenvalue weighted by atomic mass is 32.1. The summed E-state index contributed by atoms with van der Waals surface area (Å²) < 4.78 is 0. The van der Waals surface area contributed by atoms with Crippen molar-refractivity contribution in [3.8, 4) is 10.6 Å². The van der Waals surface area contributed by atoms with Crippen LogP contribution in [0.3, 0.4) is 0 Å². The van der Waals surface area contributed by atoms with Gasteiger partial charge < -0.3 is 10.2 Å². The maximum Gasteiger partial charge on any atom is 0.324 e. The van der Waals surface area contributed by atoms with Gasteiger partial charge in [0, 0.05) is 19.1 Å². The number of aromatic amines is 1. The fraction of sp³-hybridized carbons (Fsp3) is 0.375. The maximum atomic E-state index is 12.6. The minimum Gasteiger partial charge on any atom is -0.337 e. The molecule has 4 rings (SSSR count). The number of carbonyl (C=O) groups is 3. The van der Waals surface area contributed by atoms with Gasteiger partial charge in [-0.2, -0.15) is 5.10 Å². The van der Waals surface area contributed by atoms with Gasteiger partial charge in [0.05, 0.1) is 17.1 Å². The predicted molar refractivity (Wildman–Crippen MR) is 91.1 cm³/mol. The molecule has 0 spiro atoms. The lowest BCUT2D eigenvalue weighted by molar-refractivity contribution is -0.127. The Balaban J connectivity index is 1.40. The average molecular weight is 359 g/mol. The summed E-state index contributed by atoms with van der Waals surface area (Å²) in [4.78, 5) is 40.2. The molecule has 2 aliphatic rings. The summed E-state index contributed by atoms with van der Waals surface area (Å²) in [6.07, 6.45) is 1.18. The largest absolute Gasteiger partial charge is 0.337 e. The Kier molecular flexibility index (Phi) is 4.00. The zero-order chi connectivity index (χ0) is 17.4. The van der Waals surface area contributed by atoms with Crippen LogP contribution in [0, 0.1) is 0 Å². The van der Waals surface area contributed by atoms with Crippen molar-refractivity contribution in [2.75, 3.05) is 19.6 Å². The number of urea groups is 1. The van der Waals surface area contributed by atoms with Crippen LogP contribution >= 0.6 is 11.3 Å². The van der Waals surface area contributed by atoms with E-state index in [4.69, 9.17) is 0 Å². The second kappa shape index (κ2) is 6.32. The third-order valence-corrected chi connectivity index (χ3v) is 5.48. The first-order valence-corrected chi connectivity index (χ1v) is 9.00. The molecule has 0 unspecified atom stereocenters. The van der Waals surface area contributed by atoms with E-state index in [0.717, 1.165) is 10.6 Å². The molecular formula is C16H17N5O3S. The maximum absolute atomic E-state index is 12.6. The van der Waals surface area contributed by atoms with E-state index in [9.17, 15) is 14.4 Å². The van der Waals surface area contributed by atoms with Gasteiger partial charge in [-0.1, -0.05) is 6.07 Å². The van der Waals surface area contributed by atoms with Gasteiger partial charge in [-0.3, -0.25) is 19.6 Å². The van der Waals surface area contributed by atoms with Gasteiger partial charge in [-0.15, -0.1) is 11.3 Å². The molecule has 0 aliphatic carbocycles. The molecule has 0 saturated carbocycles. The minimum atomic E-state index is -0.331. The van der Waals surface area contributed by atoms with E-state index >= 15 is 0 Å². The molecule has 0 bridgehead atoms. The number of carbonyl (C=O) groups excluding carboxylic acids is 3. The molecule has 25 heavy (non-hydrogen) atoms. The number of hydrogen-bond acceptors (Lipinski definition) is 5. The number of nitrogens with zero attached hydrogens (tertiary/aromatic N) is 3. The van der Waals surface area contributed by atoms with E-state index in [0.29, 0.717) is 31.6 Å². The highest BCUT2D eigenvalue weighted by Crippen LogP contribution is 2.24. The number of amides is 4. The van der Waals surface area contributed by atoms with Gasteiger partial charge in [-0.05, 0) is 30.4 Å². The first-order valence-electron chi connectivity index (χ1n) is 8.12. The second-order valence-corrected chi connectivity index (χ2v) is 7.04. The number of rotatable bonds is 3. The summed E-state index contributed by atoms with van der Waals surface area (Å²) in [5.74, 6) is -0.322. The molecule has 4 heterocycles. The van der Waals surface area contributed by atoms with Crippen molar-refractivity contribution in [2.24, 2.45) is 0 Å². The van der Waals surface area contributed by atoms with E-state index in [1.807, 2.05) is 17.5 Å². The predicted octanol–water partition coefficient (Wildman–Crippen LogP) is 1.29. The van der Waals surface area contributed by atoms with E-state index in [-0.39, 0.29) is 30.4 Å². The zero-order valence-corrected chi connectivity index (χ0v) is 14.2. The van der Waals surface area contributed by atoms with E-state index in [1.165, 1.54) is 4.90 Å². The lowest BCUT2D eigenvalue weighted by Gasteiger charge is -2.34. The number of thiophene rings is 1. The van der Waals surface area contributed by atoms with Crippen molar-refractivity contribution in [3.05, 3.63) is 29.3 Å². The molecule has 2 saturated heterocycles. The Hall–Kier alpha value is -2.68. The lowest BCUT2D eigenvalue weighted by Crippen LogP contribution is -2.49. The molecule has 8 nitrogen and oxygen atoms in total. The second-order valence-electron chi connectivity index (χ2n) is 6.09. The molecule has 2 aromatic heterocycles. The van der Waals surface area contributed by atoms with E-state index < -0.39 is 0 Å². The first kappa shape index (κ1) is 15.8. The summed E-state index contributed by atoms with van der Waals surface area (Å²) >= 11 is 1.58. The molecule has 2 N–H and O–H groups in total. The quantitative estimate of drug-likeness (QED) is 0.807. The SMILES string of the molecule is O=C(c1cc(-c2cccs2)[nH]n1)N1CCC(N2C(=O)CNC2=O)CC1. The monoisotopic (exact) mass is 359 g/mol. The number of nitrogens with one attached hydrogen (secondary N) is 2. The highest BCUT2D eigenvalue weighted by Gasteiger charge is 2.37. The molecule has 2 aromatic rings. The summed E-state index contributed by atoms with van der Waals surface area (Å²) in [6.45, 7) is 1.07. The van der Waals surface area contributed by atoms with Crippen LogP contribution in [0.1, 0.15) is 23.3 Å². The van der Waals surface area contributed by atoms with Crippen LogP contribution < -0.4 is 5.32 Å². The summed E-state index contributed by atoms with van der Waals surface area (Å²) in [6, 6.07) is 5.21. The summed E-state index contributed by atoms with van der Waals surface area (Å²) in [5, 5.41) is 11.5. The number of hydrogen-bond donors (Lipinski definition) is 2. The Morgan fingerprint density at radius 1 is 1.28 bits per heavy atom. The fourth-order valence-corrected chi connectivity index (χ4v) is 3.98. The minimum absolute atomic E-state index is 0.0662. The average Bonchev–Trinajstić information content (AvgIpc) is 3.35. The van der Waals surface area contributed by atoms with Crippen molar-refractivity contribution in [1.29, 1.82) is 0 Å². The van der Waals surface area contributed by atoms with Gasteiger partial charge in [0.1, 0.15) is 0 Å². The van der Waals surface area contributed by atoms with Crippen LogP contribution in [0.4, 0.5) is 4.79 Å².